The summed E-state index contributed by atoms with van der Waals surface area (Å²) in [7, 11) is -1.48. The number of halogens is 4. The largest absolute Gasteiger partial charge is 0.392 e. The standard InChI is InChI=1S/C29H28Cl3FN2O2S/c1-16(2)24-14-35(28(34-24)29(3,4)27-20(30)7-6-8-21(27)31)25-10-9-17(11-22(25)32)18-12-23(33)19(15-36)26(13-18)38(5)37/h6-14,16,36H,15H2,1-5H3. The molecular weight excluding hydrogens is 566 g/mol. The van der Waals surface area contributed by atoms with Crippen molar-refractivity contribution in [3.8, 4) is 16.8 Å². The Morgan fingerprint density at radius 2 is 1.68 bits per heavy atom. The van der Waals surface area contributed by atoms with Crippen LogP contribution in [0.25, 0.3) is 16.8 Å². The van der Waals surface area contributed by atoms with Crippen molar-refractivity contribution >= 4 is 45.6 Å². The summed E-state index contributed by atoms with van der Waals surface area (Å²) in [6.45, 7) is 7.63. The van der Waals surface area contributed by atoms with Crippen LogP contribution in [0.15, 0.2) is 59.6 Å². The van der Waals surface area contributed by atoms with E-state index in [9.17, 15) is 13.7 Å². The van der Waals surface area contributed by atoms with Crippen LogP contribution in [0.5, 0.6) is 0 Å². The Balaban J connectivity index is 1.88. The maximum atomic E-state index is 14.7. The summed E-state index contributed by atoms with van der Waals surface area (Å²) >= 11 is 20.1. The molecule has 0 spiro atoms. The summed E-state index contributed by atoms with van der Waals surface area (Å²) in [5.41, 5.74) is 2.84. The van der Waals surface area contributed by atoms with E-state index in [4.69, 9.17) is 39.8 Å². The summed E-state index contributed by atoms with van der Waals surface area (Å²) in [4.78, 5) is 5.23. The van der Waals surface area contributed by atoms with Crippen molar-refractivity contribution < 1.29 is 13.7 Å². The number of aliphatic hydroxyl groups is 1. The number of hydrogen-bond acceptors (Lipinski definition) is 3. The fourth-order valence-corrected chi connectivity index (χ4v) is 6.52. The third-order valence-corrected chi connectivity index (χ3v) is 8.54. The first-order valence-electron chi connectivity index (χ1n) is 12.0. The average Bonchev–Trinajstić information content (AvgIpc) is 3.30. The maximum Gasteiger partial charge on any atom is 0.130 e. The molecular formula is C29H28Cl3FN2O2S. The van der Waals surface area contributed by atoms with E-state index in [0.29, 0.717) is 37.7 Å². The van der Waals surface area contributed by atoms with Crippen molar-refractivity contribution in [1.29, 1.82) is 0 Å². The third kappa shape index (κ3) is 5.30. The fourth-order valence-electron chi connectivity index (χ4n) is 4.58. The zero-order valence-corrected chi connectivity index (χ0v) is 24.7. The van der Waals surface area contributed by atoms with Gasteiger partial charge in [0.15, 0.2) is 0 Å². The molecule has 0 bridgehead atoms. The molecule has 1 N–H and O–H groups in total. The van der Waals surface area contributed by atoms with Crippen LogP contribution in [0.3, 0.4) is 0 Å². The predicted octanol–water partition coefficient (Wildman–Crippen LogP) is 8.32. The van der Waals surface area contributed by atoms with Crippen LogP contribution in [-0.2, 0) is 22.8 Å². The molecule has 1 heterocycles. The van der Waals surface area contributed by atoms with Gasteiger partial charge >= 0.3 is 0 Å². The first-order chi connectivity index (χ1) is 17.9. The topological polar surface area (TPSA) is 55.1 Å². The highest BCUT2D eigenvalue weighted by molar-refractivity contribution is 7.84. The Morgan fingerprint density at radius 1 is 1.03 bits per heavy atom. The van der Waals surface area contributed by atoms with Crippen LogP contribution in [0, 0.1) is 5.82 Å². The lowest BCUT2D eigenvalue weighted by Gasteiger charge is -2.28. The molecule has 38 heavy (non-hydrogen) atoms. The molecule has 3 aromatic carbocycles. The van der Waals surface area contributed by atoms with E-state index >= 15 is 0 Å². The second kappa shape index (κ2) is 11.1. The lowest BCUT2D eigenvalue weighted by molar-refractivity contribution is 0.272. The fraction of sp³-hybridized carbons (Fsp3) is 0.276. The van der Waals surface area contributed by atoms with E-state index in [1.54, 1.807) is 18.2 Å². The zero-order valence-electron chi connectivity index (χ0n) is 21.7. The lowest BCUT2D eigenvalue weighted by Crippen LogP contribution is -2.25. The zero-order chi connectivity index (χ0) is 27.9. The molecule has 1 atom stereocenters. The predicted molar refractivity (Wildman–Crippen MR) is 155 cm³/mol. The number of nitrogens with zero attached hydrogens (tertiary/aromatic N) is 2. The number of benzene rings is 3. The molecule has 0 radical (unpaired) electrons. The van der Waals surface area contributed by atoms with Gasteiger partial charge in [-0.1, -0.05) is 60.8 Å². The minimum absolute atomic E-state index is 0.0297. The van der Waals surface area contributed by atoms with Crippen LogP contribution in [0.1, 0.15) is 56.3 Å². The second-order valence-electron chi connectivity index (χ2n) is 9.95. The van der Waals surface area contributed by atoms with Gasteiger partial charge in [0.25, 0.3) is 0 Å². The molecule has 9 heteroatoms. The van der Waals surface area contributed by atoms with Gasteiger partial charge in [0.1, 0.15) is 11.6 Å². The summed E-state index contributed by atoms with van der Waals surface area (Å²) in [5.74, 6) is 0.256. The monoisotopic (exact) mass is 592 g/mol. The van der Waals surface area contributed by atoms with Crippen molar-refractivity contribution in [2.45, 2.75) is 50.5 Å². The van der Waals surface area contributed by atoms with Gasteiger partial charge in [0, 0.05) is 38.5 Å². The summed E-state index contributed by atoms with van der Waals surface area (Å²) in [6, 6.07) is 13.8. The Morgan fingerprint density at radius 3 is 2.24 bits per heavy atom. The van der Waals surface area contributed by atoms with Crippen LogP contribution >= 0.6 is 34.8 Å². The molecule has 1 unspecified atom stereocenters. The molecule has 4 rings (SSSR count). The van der Waals surface area contributed by atoms with E-state index < -0.39 is 28.6 Å². The molecule has 200 valence electrons. The van der Waals surface area contributed by atoms with E-state index in [2.05, 4.69) is 13.8 Å². The Hall–Kier alpha value is -2.22. The van der Waals surface area contributed by atoms with E-state index in [0.717, 1.165) is 11.3 Å². The highest BCUT2D eigenvalue weighted by Crippen LogP contribution is 2.42. The third-order valence-electron chi connectivity index (χ3n) is 6.63. The van der Waals surface area contributed by atoms with Crippen molar-refractivity contribution in [3.05, 3.63) is 98.3 Å². The van der Waals surface area contributed by atoms with Crippen LogP contribution in [0.4, 0.5) is 4.39 Å². The first-order valence-corrected chi connectivity index (χ1v) is 14.7. The molecule has 0 aliphatic heterocycles. The highest BCUT2D eigenvalue weighted by Gasteiger charge is 2.34. The normalized spacial score (nSPS) is 12.8. The van der Waals surface area contributed by atoms with Gasteiger partial charge in [-0.3, -0.25) is 4.21 Å². The SMILES string of the molecule is CC(C)c1cn(-c2ccc(-c3cc(F)c(CO)c(S(C)=O)c3)cc2Cl)c(C(C)(C)c2c(Cl)cccc2Cl)n1. The van der Waals surface area contributed by atoms with E-state index in [1.807, 2.05) is 48.9 Å². The number of aliphatic hydroxyl groups excluding tert-OH is 1. The molecule has 0 saturated heterocycles. The van der Waals surface area contributed by atoms with Gasteiger partial charge in [-0.25, -0.2) is 9.37 Å². The van der Waals surface area contributed by atoms with Crippen LogP contribution < -0.4 is 0 Å². The molecule has 0 aliphatic rings. The molecule has 4 nitrogen and oxygen atoms in total. The first kappa shape index (κ1) is 28.8. The van der Waals surface area contributed by atoms with E-state index in [1.165, 1.54) is 12.3 Å². The van der Waals surface area contributed by atoms with Gasteiger partial charge in [-0.15, -0.1) is 0 Å². The summed E-state index contributed by atoms with van der Waals surface area (Å²) in [5, 5.41) is 11.1. The minimum Gasteiger partial charge on any atom is -0.392 e. The van der Waals surface area contributed by atoms with Gasteiger partial charge in [0.2, 0.25) is 0 Å². The van der Waals surface area contributed by atoms with E-state index in [-0.39, 0.29) is 16.4 Å². The molecule has 0 aliphatic carbocycles. The van der Waals surface area contributed by atoms with Gasteiger partial charge < -0.3 is 9.67 Å². The number of rotatable bonds is 7. The van der Waals surface area contributed by atoms with Gasteiger partial charge in [0.05, 0.1) is 39.2 Å². The molecule has 0 fully saturated rings. The van der Waals surface area contributed by atoms with Crippen LogP contribution in [-0.4, -0.2) is 25.1 Å². The van der Waals surface area contributed by atoms with Crippen molar-refractivity contribution in [1.82, 2.24) is 9.55 Å². The second-order valence-corrected chi connectivity index (χ2v) is 12.5. The van der Waals surface area contributed by atoms with Gasteiger partial charge in [-0.05, 0) is 67.3 Å². The van der Waals surface area contributed by atoms with Crippen molar-refractivity contribution in [2.24, 2.45) is 0 Å². The smallest absolute Gasteiger partial charge is 0.130 e. The Labute approximate surface area is 239 Å². The van der Waals surface area contributed by atoms with Crippen molar-refractivity contribution in [2.75, 3.05) is 6.26 Å². The molecule has 0 saturated carbocycles. The number of hydrogen-bond donors (Lipinski definition) is 1. The maximum absolute atomic E-state index is 14.7. The summed E-state index contributed by atoms with van der Waals surface area (Å²) < 4.78 is 28.9. The minimum atomic E-state index is -1.48. The highest BCUT2D eigenvalue weighted by atomic mass is 35.5. The molecule has 4 aromatic rings. The number of imidazole rings is 1. The van der Waals surface area contributed by atoms with Crippen molar-refractivity contribution in [3.63, 3.8) is 0 Å². The number of aromatic nitrogens is 2. The molecule has 0 amide bonds. The van der Waals surface area contributed by atoms with Crippen LogP contribution in [0.2, 0.25) is 15.1 Å². The average molecular weight is 594 g/mol. The van der Waals surface area contributed by atoms with Gasteiger partial charge in [-0.2, -0.15) is 0 Å². The molecule has 1 aromatic heterocycles. The Kier molecular flexibility index (Phi) is 8.41. The lowest BCUT2D eigenvalue weighted by atomic mass is 9.83. The quantitative estimate of drug-likeness (QED) is 0.234. The Bertz CT molecular complexity index is 1530. The summed E-state index contributed by atoms with van der Waals surface area (Å²) in [6.07, 6.45) is 3.41.